The summed E-state index contributed by atoms with van der Waals surface area (Å²) in [7, 11) is 0. The molecule has 2 heterocycles. The van der Waals surface area contributed by atoms with Crippen molar-refractivity contribution in [3.8, 4) is 5.75 Å². The van der Waals surface area contributed by atoms with Gasteiger partial charge in [-0.25, -0.2) is 9.78 Å². The third kappa shape index (κ3) is 3.53. The van der Waals surface area contributed by atoms with Gasteiger partial charge in [0.05, 0.1) is 6.61 Å². The van der Waals surface area contributed by atoms with Crippen LogP contribution in [0.5, 0.6) is 5.75 Å². The van der Waals surface area contributed by atoms with Crippen molar-refractivity contribution in [2.75, 3.05) is 18.1 Å². The van der Waals surface area contributed by atoms with Gasteiger partial charge in [0, 0.05) is 0 Å². The van der Waals surface area contributed by atoms with E-state index in [4.69, 9.17) is 9.47 Å². The monoisotopic (exact) mass is 356 g/mol. The molecule has 1 amide bonds. The lowest BCUT2D eigenvalue weighted by atomic mass is 10.2. The number of pyridine rings is 1. The van der Waals surface area contributed by atoms with Gasteiger partial charge in [-0.1, -0.05) is 13.8 Å². The summed E-state index contributed by atoms with van der Waals surface area (Å²) >= 11 is 3.25. The Balaban J connectivity index is 2.24. The van der Waals surface area contributed by atoms with Crippen LogP contribution >= 0.6 is 15.9 Å². The molecular formula is C14H17BrN2O4. The molecule has 1 aromatic rings. The van der Waals surface area contributed by atoms with Crippen molar-refractivity contribution in [3.63, 3.8) is 0 Å². The van der Waals surface area contributed by atoms with Crippen LogP contribution in [0.1, 0.15) is 20.8 Å². The van der Waals surface area contributed by atoms with Crippen LogP contribution < -0.4 is 9.64 Å². The molecule has 0 saturated heterocycles. The van der Waals surface area contributed by atoms with E-state index in [1.54, 1.807) is 19.1 Å². The molecule has 1 aliphatic rings. The topological polar surface area (TPSA) is 68.7 Å². The largest absolute Gasteiger partial charge is 0.480 e. The maximum atomic E-state index is 12.1. The predicted molar refractivity (Wildman–Crippen MR) is 80.2 cm³/mol. The molecule has 1 atom stereocenters. The van der Waals surface area contributed by atoms with Gasteiger partial charge in [-0.05, 0) is 40.9 Å². The molecule has 7 heteroatoms. The van der Waals surface area contributed by atoms with Crippen LogP contribution in [-0.4, -0.2) is 36.1 Å². The molecule has 0 N–H and O–H groups in total. The van der Waals surface area contributed by atoms with E-state index in [0.717, 1.165) is 0 Å². The number of aromatic nitrogens is 1. The summed E-state index contributed by atoms with van der Waals surface area (Å²) in [6, 6.07) is 2.67. The van der Waals surface area contributed by atoms with Crippen LogP contribution in [0.3, 0.4) is 0 Å². The first-order valence-electron chi connectivity index (χ1n) is 6.68. The molecule has 0 bridgehead atoms. The average molecular weight is 357 g/mol. The Morgan fingerprint density at radius 1 is 1.48 bits per heavy atom. The summed E-state index contributed by atoms with van der Waals surface area (Å²) in [6.07, 6.45) is 0. The zero-order valence-corrected chi connectivity index (χ0v) is 13.7. The number of halogens is 1. The van der Waals surface area contributed by atoms with Crippen molar-refractivity contribution < 1.29 is 19.1 Å². The van der Waals surface area contributed by atoms with Crippen molar-refractivity contribution >= 4 is 33.6 Å². The number of ether oxygens (including phenoxy) is 2. The van der Waals surface area contributed by atoms with Crippen molar-refractivity contribution in [3.05, 3.63) is 16.7 Å². The highest BCUT2D eigenvalue weighted by Gasteiger charge is 2.35. The molecule has 1 unspecified atom stereocenters. The Morgan fingerprint density at radius 3 is 2.86 bits per heavy atom. The molecule has 1 aliphatic heterocycles. The Hall–Kier alpha value is -1.63. The van der Waals surface area contributed by atoms with Crippen molar-refractivity contribution in [2.24, 2.45) is 5.92 Å². The Kier molecular flexibility index (Phi) is 4.82. The van der Waals surface area contributed by atoms with Crippen molar-refractivity contribution in [2.45, 2.75) is 26.8 Å². The normalized spacial score (nSPS) is 15.5. The van der Waals surface area contributed by atoms with E-state index in [0.29, 0.717) is 22.8 Å². The Labute approximate surface area is 131 Å². The third-order valence-electron chi connectivity index (χ3n) is 2.94. The molecule has 0 spiro atoms. The van der Waals surface area contributed by atoms with Gasteiger partial charge in [0.15, 0.2) is 18.2 Å². The lowest BCUT2D eigenvalue weighted by molar-refractivity contribution is -0.147. The summed E-state index contributed by atoms with van der Waals surface area (Å²) in [5.74, 6) is 0.269. The minimum Gasteiger partial charge on any atom is -0.480 e. The number of rotatable bonds is 4. The summed E-state index contributed by atoms with van der Waals surface area (Å²) in [4.78, 5) is 29.7. The second-order valence-electron chi connectivity index (χ2n) is 5.21. The molecule has 21 heavy (non-hydrogen) atoms. The van der Waals surface area contributed by atoms with E-state index in [9.17, 15) is 9.59 Å². The molecule has 1 aromatic heterocycles. The summed E-state index contributed by atoms with van der Waals surface area (Å²) in [5, 5.41) is 0. The van der Waals surface area contributed by atoms with Crippen molar-refractivity contribution in [1.29, 1.82) is 0 Å². The van der Waals surface area contributed by atoms with Gasteiger partial charge < -0.3 is 9.47 Å². The fourth-order valence-corrected chi connectivity index (χ4v) is 2.20. The number of fused-ring (bicyclic) bond motifs is 1. The van der Waals surface area contributed by atoms with Crippen LogP contribution in [0.4, 0.5) is 5.82 Å². The lowest BCUT2D eigenvalue weighted by Gasteiger charge is -2.31. The third-order valence-corrected chi connectivity index (χ3v) is 3.38. The highest BCUT2D eigenvalue weighted by atomic mass is 79.9. The van der Waals surface area contributed by atoms with Crippen LogP contribution in [0.2, 0.25) is 0 Å². The Morgan fingerprint density at radius 2 is 2.19 bits per heavy atom. The van der Waals surface area contributed by atoms with Gasteiger partial charge in [-0.15, -0.1) is 0 Å². The smallest absolute Gasteiger partial charge is 0.329 e. The van der Waals surface area contributed by atoms with E-state index >= 15 is 0 Å². The van der Waals surface area contributed by atoms with E-state index < -0.39 is 12.0 Å². The average Bonchev–Trinajstić information content (AvgIpc) is 2.43. The highest BCUT2D eigenvalue weighted by Crippen LogP contribution is 2.32. The van der Waals surface area contributed by atoms with Crippen LogP contribution in [-0.2, 0) is 14.3 Å². The van der Waals surface area contributed by atoms with Crippen LogP contribution in [0.15, 0.2) is 16.7 Å². The minimum absolute atomic E-state index is 0.113. The molecular weight excluding hydrogens is 340 g/mol. The highest BCUT2D eigenvalue weighted by molar-refractivity contribution is 9.10. The molecule has 0 fully saturated rings. The first kappa shape index (κ1) is 15.8. The molecule has 0 radical (unpaired) electrons. The van der Waals surface area contributed by atoms with Gasteiger partial charge in [-0.2, -0.15) is 0 Å². The molecule has 6 nitrogen and oxygen atoms in total. The second kappa shape index (κ2) is 6.43. The van der Waals surface area contributed by atoms with Crippen molar-refractivity contribution in [1.82, 2.24) is 4.98 Å². The Bertz CT molecular complexity index is 562. The SMILES string of the molecule is CC(C)COC(=O)C(C)N1C(=O)COc2ccc(Br)nc21. The fourth-order valence-electron chi connectivity index (χ4n) is 1.90. The number of amides is 1. The first-order valence-corrected chi connectivity index (χ1v) is 7.47. The number of anilines is 1. The quantitative estimate of drug-likeness (QED) is 0.610. The molecule has 114 valence electrons. The zero-order valence-electron chi connectivity index (χ0n) is 12.1. The van der Waals surface area contributed by atoms with Gasteiger partial charge >= 0.3 is 5.97 Å². The fraction of sp³-hybridized carbons (Fsp3) is 0.500. The number of nitrogens with zero attached hydrogens (tertiary/aromatic N) is 2. The molecule has 0 saturated carbocycles. The van der Waals surface area contributed by atoms with Gasteiger partial charge in [0.1, 0.15) is 10.6 Å². The lowest BCUT2D eigenvalue weighted by Crippen LogP contribution is -2.49. The number of esters is 1. The van der Waals surface area contributed by atoms with Gasteiger partial charge in [0.2, 0.25) is 0 Å². The number of carbonyl (C=O) groups is 2. The molecule has 2 rings (SSSR count). The maximum Gasteiger partial charge on any atom is 0.329 e. The number of hydrogen-bond donors (Lipinski definition) is 0. The van der Waals surface area contributed by atoms with E-state index in [-0.39, 0.29) is 18.4 Å². The van der Waals surface area contributed by atoms with Crippen LogP contribution in [0.25, 0.3) is 0 Å². The maximum absolute atomic E-state index is 12.1. The molecule has 0 aromatic carbocycles. The van der Waals surface area contributed by atoms with Gasteiger partial charge in [-0.3, -0.25) is 9.69 Å². The predicted octanol–water partition coefficient (Wildman–Crippen LogP) is 2.16. The zero-order chi connectivity index (χ0) is 15.6. The van der Waals surface area contributed by atoms with E-state index in [1.807, 2.05) is 13.8 Å². The summed E-state index contributed by atoms with van der Waals surface area (Å²) in [5.41, 5.74) is 0. The van der Waals surface area contributed by atoms with E-state index in [2.05, 4.69) is 20.9 Å². The summed E-state index contributed by atoms with van der Waals surface area (Å²) < 4.78 is 11.1. The summed E-state index contributed by atoms with van der Waals surface area (Å²) in [6.45, 7) is 5.73. The number of hydrogen-bond acceptors (Lipinski definition) is 5. The standard InChI is InChI=1S/C14H17BrN2O4/c1-8(2)6-21-14(19)9(3)17-12(18)7-20-10-4-5-11(15)16-13(10)17/h4-5,8-9H,6-7H2,1-3H3. The van der Waals surface area contributed by atoms with Crippen LogP contribution in [0, 0.1) is 5.92 Å². The molecule has 0 aliphatic carbocycles. The minimum atomic E-state index is -0.749. The second-order valence-corrected chi connectivity index (χ2v) is 6.02. The van der Waals surface area contributed by atoms with Gasteiger partial charge in [0.25, 0.3) is 5.91 Å². The van der Waals surface area contributed by atoms with E-state index in [1.165, 1.54) is 4.90 Å². The number of carbonyl (C=O) groups excluding carboxylic acids is 2. The first-order chi connectivity index (χ1) is 9.90.